The molecule has 1 aromatic heterocycles. The van der Waals surface area contributed by atoms with Crippen molar-refractivity contribution in [2.75, 3.05) is 5.32 Å². The van der Waals surface area contributed by atoms with Gasteiger partial charge in [-0.3, -0.25) is 0 Å². The van der Waals surface area contributed by atoms with Crippen LogP contribution in [0.1, 0.15) is 33.3 Å². The molecule has 2 atom stereocenters. The average molecular weight is 478 g/mol. The van der Waals surface area contributed by atoms with Gasteiger partial charge in [-0.25, -0.2) is 14.8 Å². The van der Waals surface area contributed by atoms with E-state index in [0.717, 1.165) is 28.9 Å². The van der Waals surface area contributed by atoms with Crippen molar-refractivity contribution in [3.8, 4) is 11.1 Å². The van der Waals surface area contributed by atoms with Crippen LogP contribution in [-0.4, -0.2) is 38.6 Å². The lowest BCUT2D eigenvalue weighted by atomic mass is 9.95. The number of halogens is 1. The molecule has 176 valence electrons. The molecule has 4 rings (SSSR count). The normalized spacial score (nSPS) is 18.1. The first-order chi connectivity index (χ1) is 16.2. The Morgan fingerprint density at radius 3 is 2.47 bits per heavy atom. The number of aliphatic imine (C=N–C) groups is 2. The summed E-state index contributed by atoms with van der Waals surface area (Å²) >= 11 is 6.25. The zero-order chi connectivity index (χ0) is 24.3. The Morgan fingerprint density at radius 1 is 1.09 bits per heavy atom. The number of carbonyl (C=O) groups is 1. The van der Waals surface area contributed by atoms with E-state index in [0.29, 0.717) is 0 Å². The minimum absolute atomic E-state index is 0.0782. The number of anilines is 1. The molecule has 0 bridgehead atoms. The molecule has 0 saturated carbocycles. The lowest BCUT2D eigenvalue weighted by molar-refractivity contribution is 0.0514. The molecule has 0 aliphatic carbocycles. The van der Waals surface area contributed by atoms with Crippen molar-refractivity contribution in [3.63, 3.8) is 0 Å². The highest BCUT2D eigenvalue weighted by atomic mass is 35.5. The van der Waals surface area contributed by atoms with Gasteiger partial charge in [0.2, 0.25) is 5.29 Å². The van der Waals surface area contributed by atoms with Crippen molar-refractivity contribution in [2.24, 2.45) is 15.9 Å². The maximum Gasteiger partial charge on any atom is 0.435 e. The number of nitrogens with zero attached hydrogens (tertiary/aromatic N) is 4. The van der Waals surface area contributed by atoms with E-state index in [9.17, 15) is 4.79 Å². The largest absolute Gasteiger partial charge is 0.442 e. The fourth-order valence-corrected chi connectivity index (χ4v) is 3.84. The molecule has 2 aromatic carbocycles. The summed E-state index contributed by atoms with van der Waals surface area (Å²) in [4.78, 5) is 21.2. The van der Waals surface area contributed by atoms with Crippen LogP contribution >= 0.6 is 11.6 Å². The summed E-state index contributed by atoms with van der Waals surface area (Å²) in [6, 6.07) is 18.1. The number of carbonyl (C=O) groups excluding carboxylic acids is 1. The van der Waals surface area contributed by atoms with E-state index in [2.05, 4.69) is 39.5 Å². The Hall–Kier alpha value is -3.45. The monoisotopic (exact) mass is 477 g/mol. The highest BCUT2D eigenvalue weighted by molar-refractivity contribution is 6.65. The second-order valence-corrected chi connectivity index (χ2v) is 9.61. The lowest BCUT2D eigenvalue weighted by Crippen LogP contribution is -2.35. The summed E-state index contributed by atoms with van der Waals surface area (Å²) in [6.45, 7) is 7.57. The van der Waals surface area contributed by atoms with E-state index in [1.807, 2.05) is 63.2 Å². The number of hydrogen-bond donors (Lipinski definition) is 1. The van der Waals surface area contributed by atoms with E-state index < -0.39 is 11.7 Å². The molecule has 7 nitrogen and oxygen atoms in total. The third-order valence-electron chi connectivity index (χ3n) is 5.40. The summed E-state index contributed by atoms with van der Waals surface area (Å²) in [7, 11) is 0. The van der Waals surface area contributed by atoms with Crippen molar-refractivity contribution in [2.45, 2.75) is 45.9 Å². The molecule has 0 amide bonds. The van der Waals surface area contributed by atoms with Crippen molar-refractivity contribution in [3.05, 3.63) is 72.6 Å². The van der Waals surface area contributed by atoms with Gasteiger partial charge in [-0.05, 0) is 55.6 Å². The Kier molecular flexibility index (Phi) is 6.84. The maximum absolute atomic E-state index is 12.2. The summed E-state index contributed by atoms with van der Waals surface area (Å²) in [6.07, 6.45) is 3.31. The lowest BCUT2D eigenvalue weighted by Gasteiger charge is -2.27. The topological polar surface area (TPSA) is 80.9 Å². The third kappa shape index (κ3) is 5.91. The fourth-order valence-electron chi connectivity index (χ4n) is 3.63. The van der Waals surface area contributed by atoms with Crippen LogP contribution in [0.5, 0.6) is 0 Å². The molecule has 0 spiro atoms. The first-order valence-corrected chi connectivity index (χ1v) is 11.6. The van der Waals surface area contributed by atoms with Gasteiger partial charge in [0, 0.05) is 35.5 Å². The molecule has 3 aromatic rings. The van der Waals surface area contributed by atoms with Crippen LogP contribution in [-0.2, 0) is 11.2 Å². The van der Waals surface area contributed by atoms with Gasteiger partial charge in [0.25, 0.3) is 0 Å². The molecule has 2 unspecified atom stereocenters. The summed E-state index contributed by atoms with van der Waals surface area (Å²) < 4.78 is 6.57. The number of ether oxygens (including phenoxy) is 1. The maximum atomic E-state index is 12.2. The molecule has 1 aliphatic heterocycles. The van der Waals surface area contributed by atoms with Crippen LogP contribution in [0.2, 0.25) is 0 Å². The summed E-state index contributed by atoms with van der Waals surface area (Å²) in [5.41, 5.74) is 4.27. The smallest absolute Gasteiger partial charge is 0.435 e. The SMILES string of the molecule is CC1C(Cc2ccccc2)=NC(Cl)=NC1Nc1ccc(-c2cnn(C(=O)OC(C)(C)C)c2)cc1. The molecule has 1 N–H and O–H groups in total. The second kappa shape index (κ2) is 9.81. The Morgan fingerprint density at radius 2 is 1.79 bits per heavy atom. The van der Waals surface area contributed by atoms with Crippen LogP contribution in [0.15, 0.2) is 77.0 Å². The zero-order valence-electron chi connectivity index (χ0n) is 19.7. The third-order valence-corrected chi connectivity index (χ3v) is 5.59. The second-order valence-electron chi connectivity index (χ2n) is 9.27. The Bertz CT molecular complexity index is 1210. The minimum atomic E-state index is -0.580. The van der Waals surface area contributed by atoms with Gasteiger partial charge in [0.05, 0.1) is 6.20 Å². The first-order valence-electron chi connectivity index (χ1n) is 11.2. The zero-order valence-corrected chi connectivity index (χ0v) is 20.5. The van der Waals surface area contributed by atoms with Gasteiger partial charge >= 0.3 is 6.09 Å². The Labute approximate surface area is 204 Å². The predicted molar refractivity (Wildman–Crippen MR) is 137 cm³/mol. The van der Waals surface area contributed by atoms with Crippen molar-refractivity contribution in [1.29, 1.82) is 0 Å². The van der Waals surface area contributed by atoms with E-state index in [1.165, 1.54) is 10.2 Å². The van der Waals surface area contributed by atoms with Crippen molar-refractivity contribution >= 4 is 34.4 Å². The van der Waals surface area contributed by atoms with Gasteiger partial charge in [0.15, 0.2) is 0 Å². The number of aromatic nitrogens is 2. The van der Waals surface area contributed by atoms with E-state index >= 15 is 0 Å². The summed E-state index contributed by atoms with van der Waals surface area (Å²) in [5.74, 6) is 0.0782. The van der Waals surface area contributed by atoms with Gasteiger partial charge in [-0.15, -0.1) is 0 Å². The van der Waals surface area contributed by atoms with Gasteiger partial charge in [-0.2, -0.15) is 9.78 Å². The number of benzene rings is 2. The molecule has 0 radical (unpaired) electrons. The average Bonchev–Trinajstić information content (AvgIpc) is 3.28. The molecular formula is C26H28ClN5O2. The van der Waals surface area contributed by atoms with Crippen LogP contribution in [0.4, 0.5) is 10.5 Å². The number of hydrogen-bond acceptors (Lipinski definition) is 6. The van der Waals surface area contributed by atoms with Gasteiger partial charge < -0.3 is 10.1 Å². The van der Waals surface area contributed by atoms with Crippen LogP contribution in [0.3, 0.4) is 0 Å². The van der Waals surface area contributed by atoms with E-state index in [4.69, 9.17) is 16.3 Å². The number of nitrogens with one attached hydrogen (secondary N) is 1. The van der Waals surface area contributed by atoms with Crippen LogP contribution in [0, 0.1) is 5.92 Å². The highest BCUT2D eigenvalue weighted by Crippen LogP contribution is 2.25. The summed E-state index contributed by atoms with van der Waals surface area (Å²) in [5, 5.41) is 7.85. The predicted octanol–water partition coefficient (Wildman–Crippen LogP) is 6.00. The molecule has 0 saturated heterocycles. The van der Waals surface area contributed by atoms with Gasteiger partial charge in [0.1, 0.15) is 11.8 Å². The van der Waals surface area contributed by atoms with E-state index in [1.54, 1.807) is 12.4 Å². The Balaban J connectivity index is 1.43. The molecule has 0 fully saturated rings. The molecule has 34 heavy (non-hydrogen) atoms. The quantitative estimate of drug-likeness (QED) is 0.457. The molecule has 2 heterocycles. The molecular weight excluding hydrogens is 450 g/mol. The fraction of sp³-hybridized carbons (Fsp3) is 0.308. The van der Waals surface area contributed by atoms with Crippen molar-refractivity contribution < 1.29 is 9.53 Å². The van der Waals surface area contributed by atoms with Crippen molar-refractivity contribution in [1.82, 2.24) is 9.78 Å². The van der Waals surface area contributed by atoms with Crippen LogP contribution in [0.25, 0.3) is 11.1 Å². The minimum Gasteiger partial charge on any atom is -0.442 e. The number of rotatable bonds is 5. The highest BCUT2D eigenvalue weighted by Gasteiger charge is 2.26. The van der Waals surface area contributed by atoms with E-state index in [-0.39, 0.29) is 17.4 Å². The number of amidine groups is 1. The molecule has 8 heteroatoms. The van der Waals surface area contributed by atoms with Gasteiger partial charge in [-0.1, -0.05) is 49.4 Å². The first kappa shape index (κ1) is 23.7. The van der Waals surface area contributed by atoms with Crippen LogP contribution < -0.4 is 5.32 Å². The standard InChI is InChI=1S/C26H28ClN5O2/c1-17-22(14-18-8-6-5-7-9-18)30-24(27)31-23(17)29-21-12-10-19(11-13-21)20-15-28-32(16-20)25(33)34-26(2,3)4/h5-13,15-17,23,29H,14H2,1-4H3. The molecule has 1 aliphatic rings.